The Morgan fingerprint density at radius 1 is 0.970 bits per heavy atom. The minimum absolute atomic E-state index is 0.0308. The first kappa shape index (κ1) is 26.2. The molecule has 2 aromatic carbocycles. The number of unbranched alkanes of at least 4 members (excludes halogenated alkanes) is 1. The molecule has 0 radical (unpaired) electrons. The molecule has 2 rings (SSSR count). The van der Waals surface area contributed by atoms with Crippen LogP contribution < -0.4 is 16.4 Å². The predicted octanol–water partition coefficient (Wildman–Crippen LogP) is 5.41. The summed E-state index contributed by atoms with van der Waals surface area (Å²) in [5.74, 6) is -0.0308. The smallest absolute Gasteiger partial charge is 0.248 e. The molecule has 0 saturated carbocycles. The molecule has 178 valence electrons. The molecular weight excluding hydrogens is 410 g/mol. The van der Waals surface area contributed by atoms with Gasteiger partial charge in [0.1, 0.15) is 0 Å². The minimum Gasteiger partial charge on any atom is -0.398 e. The van der Waals surface area contributed by atoms with Gasteiger partial charge in [0.2, 0.25) is 5.91 Å². The number of carbonyl (C=O) groups is 1. The number of nitrogens with one attached hydrogen (secondary N) is 2. The van der Waals surface area contributed by atoms with E-state index in [1.54, 1.807) is 7.11 Å². The maximum Gasteiger partial charge on any atom is 0.248 e. The van der Waals surface area contributed by atoms with E-state index in [1.807, 2.05) is 30.5 Å². The van der Waals surface area contributed by atoms with Gasteiger partial charge in [0.25, 0.3) is 0 Å². The molecule has 0 aromatic heterocycles. The van der Waals surface area contributed by atoms with Crippen molar-refractivity contribution < 1.29 is 9.53 Å². The number of rotatable bonds is 13. The van der Waals surface area contributed by atoms with Crippen LogP contribution in [0.4, 0.5) is 0 Å². The quantitative estimate of drug-likeness (QED) is 0.357. The van der Waals surface area contributed by atoms with Crippen molar-refractivity contribution >= 4 is 11.6 Å². The summed E-state index contributed by atoms with van der Waals surface area (Å²) in [6, 6.07) is 16.4. The molecular formula is C28H39N3O2. The highest BCUT2D eigenvalue weighted by atomic mass is 16.5. The van der Waals surface area contributed by atoms with Gasteiger partial charge in [-0.3, -0.25) is 4.79 Å². The molecule has 0 aliphatic heterocycles. The van der Waals surface area contributed by atoms with E-state index < -0.39 is 0 Å². The molecule has 0 spiro atoms. The lowest BCUT2D eigenvalue weighted by molar-refractivity contribution is -0.117. The van der Waals surface area contributed by atoms with Crippen LogP contribution in [0.25, 0.3) is 5.70 Å². The van der Waals surface area contributed by atoms with E-state index in [9.17, 15) is 4.79 Å². The lowest BCUT2D eigenvalue weighted by atomic mass is 10.0. The van der Waals surface area contributed by atoms with Gasteiger partial charge >= 0.3 is 0 Å². The van der Waals surface area contributed by atoms with Crippen LogP contribution in [0.15, 0.2) is 65.9 Å². The summed E-state index contributed by atoms with van der Waals surface area (Å²) in [5.41, 5.74) is 13.4. The predicted molar refractivity (Wildman–Crippen MR) is 137 cm³/mol. The summed E-state index contributed by atoms with van der Waals surface area (Å²) < 4.78 is 5.15. The van der Waals surface area contributed by atoms with E-state index in [-0.39, 0.29) is 5.91 Å². The largest absolute Gasteiger partial charge is 0.398 e. The van der Waals surface area contributed by atoms with E-state index in [1.165, 1.54) is 5.57 Å². The second kappa shape index (κ2) is 14.2. The molecule has 1 amide bonds. The highest BCUT2D eigenvalue weighted by Gasteiger charge is 2.09. The number of ether oxygens (including phenoxy) is 1. The highest BCUT2D eigenvalue weighted by Crippen LogP contribution is 2.16. The highest BCUT2D eigenvalue weighted by molar-refractivity contribution is 5.93. The topological polar surface area (TPSA) is 76.4 Å². The molecule has 0 unspecified atom stereocenters. The van der Waals surface area contributed by atoms with Crippen molar-refractivity contribution in [3.8, 4) is 0 Å². The van der Waals surface area contributed by atoms with Crippen molar-refractivity contribution in [3.05, 3.63) is 88.1 Å². The van der Waals surface area contributed by atoms with Gasteiger partial charge in [-0.1, -0.05) is 74.4 Å². The van der Waals surface area contributed by atoms with E-state index in [4.69, 9.17) is 10.5 Å². The molecule has 0 bridgehead atoms. The molecule has 0 fully saturated rings. The Hall–Kier alpha value is -3.05. The second-order valence-electron chi connectivity index (χ2n) is 8.33. The fourth-order valence-corrected chi connectivity index (χ4v) is 3.37. The average Bonchev–Trinajstić information content (AvgIpc) is 2.85. The summed E-state index contributed by atoms with van der Waals surface area (Å²) >= 11 is 0. The molecule has 0 heterocycles. The molecule has 5 nitrogen and oxygen atoms in total. The van der Waals surface area contributed by atoms with Crippen LogP contribution >= 0.6 is 0 Å². The molecule has 33 heavy (non-hydrogen) atoms. The number of hydrogen-bond donors (Lipinski definition) is 3. The molecule has 2 aromatic rings. The Morgan fingerprint density at radius 2 is 1.58 bits per heavy atom. The monoisotopic (exact) mass is 449 g/mol. The summed E-state index contributed by atoms with van der Waals surface area (Å²) in [5, 5.41) is 6.36. The number of carbonyl (C=O) groups excluding carboxylic acids is 1. The van der Waals surface area contributed by atoms with E-state index in [0.717, 1.165) is 59.2 Å². The third-order valence-electron chi connectivity index (χ3n) is 5.72. The number of nitrogens with two attached hydrogens (primary N) is 1. The Bertz CT molecular complexity index is 929. The Labute approximate surface area is 199 Å². The number of benzene rings is 2. The van der Waals surface area contributed by atoms with Crippen molar-refractivity contribution in [1.82, 2.24) is 10.6 Å². The number of allylic oxidation sites excluding steroid dienone is 1. The van der Waals surface area contributed by atoms with Crippen LogP contribution in [0.5, 0.6) is 0 Å². The fraction of sp³-hybridized carbons (Fsp3) is 0.393. The summed E-state index contributed by atoms with van der Waals surface area (Å²) in [4.78, 5) is 12.8. The van der Waals surface area contributed by atoms with Crippen LogP contribution in [-0.2, 0) is 29.2 Å². The Kier molecular flexibility index (Phi) is 11.3. The average molecular weight is 450 g/mol. The van der Waals surface area contributed by atoms with Crippen LogP contribution in [0.3, 0.4) is 0 Å². The summed E-state index contributed by atoms with van der Waals surface area (Å²) in [7, 11) is 1.69. The zero-order chi connectivity index (χ0) is 24.1. The normalized spacial score (nSPS) is 12.3. The van der Waals surface area contributed by atoms with Crippen molar-refractivity contribution in [2.45, 2.75) is 66.2 Å². The van der Waals surface area contributed by atoms with Crippen LogP contribution in [-0.4, -0.2) is 13.0 Å². The SMILES string of the molecule is CCCC/C(=C\NCc1ccc(COC)cc1)C(=O)NCc1ccc(/C(N)=C(\C)CC)cc1. The Balaban J connectivity index is 1.94. The number of methoxy groups -OCH3 is 1. The first-order valence-corrected chi connectivity index (χ1v) is 11.8. The lowest BCUT2D eigenvalue weighted by Gasteiger charge is -2.11. The van der Waals surface area contributed by atoms with Gasteiger partial charge < -0.3 is 21.1 Å². The van der Waals surface area contributed by atoms with Crippen LogP contribution in [0, 0.1) is 0 Å². The molecule has 5 heteroatoms. The van der Waals surface area contributed by atoms with E-state index in [2.05, 4.69) is 55.7 Å². The van der Waals surface area contributed by atoms with Gasteiger partial charge in [-0.2, -0.15) is 0 Å². The van der Waals surface area contributed by atoms with Crippen molar-refractivity contribution in [3.63, 3.8) is 0 Å². The van der Waals surface area contributed by atoms with Crippen molar-refractivity contribution in [2.24, 2.45) is 5.73 Å². The van der Waals surface area contributed by atoms with Gasteiger partial charge in [0.15, 0.2) is 0 Å². The first-order valence-electron chi connectivity index (χ1n) is 11.8. The third-order valence-corrected chi connectivity index (χ3v) is 5.72. The standard InChI is InChI=1S/C28H39N3O2/c1-5-7-8-26(19-30-17-22-9-11-24(12-10-22)20-33-4)28(32)31-18-23-13-15-25(16-14-23)27(29)21(3)6-2/h9-16,19,30H,5-8,17-18,20,29H2,1-4H3,(H,31,32)/b26-19+,27-21-. The second-order valence-corrected chi connectivity index (χ2v) is 8.33. The third kappa shape index (κ3) is 8.78. The van der Waals surface area contributed by atoms with Gasteiger partial charge in [-0.15, -0.1) is 0 Å². The van der Waals surface area contributed by atoms with Gasteiger partial charge in [-0.05, 0) is 48.4 Å². The molecule has 0 saturated heterocycles. The van der Waals surface area contributed by atoms with Crippen molar-refractivity contribution in [2.75, 3.05) is 7.11 Å². The first-order chi connectivity index (χ1) is 16.0. The molecule has 0 atom stereocenters. The van der Waals surface area contributed by atoms with Gasteiger partial charge in [0.05, 0.1) is 6.61 Å². The maximum atomic E-state index is 12.8. The lowest BCUT2D eigenvalue weighted by Crippen LogP contribution is -2.25. The van der Waals surface area contributed by atoms with Gasteiger partial charge in [0, 0.05) is 37.7 Å². The molecule has 4 N–H and O–H groups in total. The molecule has 0 aliphatic carbocycles. The van der Waals surface area contributed by atoms with E-state index >= 15 is 0 Å². The minimum atomic E-state index is -0.0308. The fourth-order valence-electron chi connectivity index (χ4n) is 3.37. The number of hydrogen-bond acceptors (Lipinski definition) is 4. The molecule has 0 aliphatic rings. The van der Waals surface area contributed by atoms with Crippen molar-refractivity contribution in [1.29, 1.82) is 0 Å². The zero-order valence-corrected chi connectivity index (χ0v) is 20.5. The van der Waals surface area contributed by atoms with Crippen LogP contribution in [0.1, 0.15) is 68.7 Å². The maximum absolute atomic E-state index is 12.8. The zero-order valence-electron chi connectivity index (χ0n) is 20.5. The van der Waals surface area contributed by atoms with E-state index in [0.29, 0.717) is 19.7 Å². The number of amides is 1. The summed E-state index contributed by atoms with van der Waals surface area (Å²) in [6.45, 7) is 8.05. The summed E-state index contributed by atoms with van der Waals surface area (Å²) in [6.07, 6.45) is 5.56. The van der Waals surface area contributed by atoms with Gasteiger partial charge in [-0.25, -0.2) is 0 Å². The van der Waals surface area contributed by atoms with Crippen LogP contribution in [0.2, 0.25) is 0 Å². The Morgan fingerprint density at radius 3 is 2.18 bits per heavy atom.